The van der Waals surface area contributed by atoms with E-state index in [0.717, 1.165) is 10.9 Å². The van der Waals surface area contributed by atoms with E-state index in [4.69, 9.17) is 11.6 Å². The minimum Gasteiger partial charge on any atom is -0.262 e. The van der Waals surface area contributed by atoms with Gasteiger partial charge in [0.15, 0.2) is 0 Å². The van der Waals surface area contributed by atoms with E-state index >= 15 is 0 Å². The van der Waals surface area contributed by atoms with Crippen LogP contribution in [0.3, 0.4) is 0 Å². The molecule has 0 amide bonds. The first kappa shape index (κ1) is 8.51. The van der Waals surface area contributed by atoms with Gasteiger partial charge in [0.2, 0.25) is 0 Å². The molecule has 0 radical (unpaired) electrons. The summed E-state index contributed by atoms with van der Waals surface area (Å²) in [5.74, 6) is 0. The lowest BCUT2D eigenvalue weighted by molar-refractivity contribution is 0.551. The molecule has 0 unspecified atom stereocenters. The van der Waals surface area contributed by atoms with E-state index in [0.29, 0.717) is 11.2 Å². The zero-order chi connectivity index (χ0) is 9.42. The summed E-state index contributed by atoms with van der Waals surface area (Å²) in [5.41, 5.74) is 1.04. The van der Waals surface area contributed by atoms with Crippen molar-refractivity contribution in [3.63, 3.8) is 0 Å². The average molecular weight is 196 g/mol. The monoisotopic (exact) mass is 195 g/mol. The maximum Gasteiger partial charge on any atom is 0.131 e. The Kier molecular flexibility index (Phi) is 1.96. The Morgan fingerprint density at radius 2 is 2.15 bits per heavy atom. The zero-order valence-corrected chi connectivity index (χ0v) is 8.28. The zero-order valence-electron chi connectivity index (χ0n) is 7.53. The molecule has 2 aromatic rings. The highest BCUT2D eigenvalue weighted by Gasteiger charge is 2.05. The molecule has 68 valence electrons. The second kappa shape index (κ2) is 3.00. The van der Waals surface area contributed by atoms with Crippen molar-refractivity contribution in [3.05, 3.63) is 23.6 Å². The second-order valence-electron chi connectivity index (χ2n) is 3.25. The van der Waals surface area contributed by atoms with E-state index in [-0.39, 0.29) is 0 Å². The van der Waals surface area contributed by atoms with Crippen molar-refractivity contribution >= 4 is 22.5 Å². The molecule has 0 spiro atoms. The molecule has 0 fully saturated rings. The van der Waals surface area contributed by atoms with Crippen molar-refractivity contribution in [3.8, 4) is 0 Å². The third kappa shape index (κ3) is 1.40. The van der Waals surface area contributed by atoms with Crippen molar-refractivity contribution in [2.45, 2.75) is 19.9 Å². The molecule has 0 aliphatic heterocycles. The summed E-state index contributed by atoms with van der Waals surface area (Å²) < 4.78 is 1.93. The van der Waals surface area contributed by atoms with Crippen molar-refractivity contribution < 1.29 is 0 Å². The van der Waals surface area contributed by atoms with Crippen LogP contribution in [0, 0.1) is 0 Å². The lowest BCUT2D eigenvalue weighted by Crippen LogP contribution is -2.01. The van der Waals surface area contributed by atoms with Gasteiger partial charge in [-0.1, -0.05) is 11.6 Å². The quantitative estimate of drug-likeness (QED) is 0.655. The largest absolute Gasteiger partial charge is 0.262 e. The molecule has 0 N–H and O–H groups in total. The van der Waals surface area contributed by atoms with Crippen LogP contribution in [-0.4, -0.2) is 14.8 Å². The molecule has 4 heteroatoms. The Hall–Kier alpha value is -1.09. The summed E-state index contributed by atoms with van der Waals surface area (Å²) in [4.78, 5) is 3.99. The van der Waals surface area contributed by atoms with E-state index in [9.17, 15) is 0 Å². The van der Waals surface area contributed by atoms with Gasteiger partial charge in [-0.25, -0.2) is 4.98 Å². The fourth-order valence-corrected chi connectivity index (χ4v) is 1.48. The molecule has 3 nitrogen and oxygen atoms in total. The maximum absolute atomic E-state index is 5.80. The molecule has 0 atom stereocenters. The first-order valence-electron chi connectivity index (χ1n) is 4.17. The van der Waals surface area contributed by atoms with Gasteiger partial charge in [-0.15, -0.1) is 0 Å². The lowest BCUT2D eigenvalue weighted by atomic mass is 10.3. The molecule has 2 rings (SSSR count). The normalized spacial score (nSPS) is 11.4. The van der Waals surface area contributed by atoms with Crippen molar-refractivity contribution in [2.75, 3.05) is 0 Å². The minimum atomic E-state index is 0.343. The molecule has 2 heterocycles. The van der Waals surface area contributed by atoms with Crippen molar-refractivity contribution in [1.29, 1.82) is 0 Å². The van der Waals surface area contributed by atoms with Crippen molar-refractivity contribution in [2.24, 2.45) is 0 Å². The number of rotatable bonds is 1. The van der Waals surface area contributed by atoms with Gasteiger partial charge in [0.1, 0.15) is 5.15 Å². The molecule has 0 saturated carbocycles. The summed E-state index contributed by atoms with van der Waals surface area (Å²) >= 11 is 5.80. The summed E-state index contributed by atoms with van der Waals surface area (Å²) in [6, 6.07) is 2.18. The van der Waals surface area contributed by atoms with Crippen LogP contribution in [0.1, 0.15) is 19.9 Å². The number of aromatic nitrogens is 3. The lowest BCUT2D eigenvalue weighted by Gasteiger charge is -2.06. The Morgan fingerprint density at radius 1 is 1.38 bits per heavy atom. The first-order chi connectivity index (χ1) is 6.18. The van der Waals surface area contributed by atoms with Crippen LogP contribution in [0.15, 0.2) is 18.5 Å². The van der Waals surface area contributed by atoms with Crippen LogP contribution < -0.4 is 0 Å². The number of hydrogen-bond donors (Lipinski definition) is 0. The molecular weight excluding hydrogens is 186 g/mol. The van der Waals surface area contributed by atoms with Crippen LogP contribution in [-0.2, 0) is 0 Å². The van der Waals surface area contributed by atoms with E-state index in [1.807, 2.05) is 10.7 Å². The van der Waals surface area contributed by atoms with Crippen LogP contribution in [0.4, 0.5) is 0 Å². The van der Waals surface area contributed by atoms with Crippen LogP contribution in [0.5, 0.6) is 0 Å². The number of pyridine rings is 1. The van der Waals surface area contributed by atoms with E-state index in [2.05, 4.69) is 23.9 Å². The number of hydrogen-bond acceptors (Lipinski definition) is 2. The van der Waals surface area contributed by atoms with Gasteiger partial charge in [0.25, 0.3) is 0 Å². The molecule has 2 aromatic heterocycles. The molecule has 13 heavy (non-hydrogen) atoms. The topological polar surface area (TPSA) is 30.7 Å². The van der Waals surface area contributed by atoms with Gasteiger partial charge < -0.3 is 0 Å². The maximum atomic E-state index is 5.80. The third-order valence-corrected chi connectivity index (χ3v) is 2.14. The van der Waals surface area contributed by atoms with E-state index in [1.54, 1.807) is 12.4 Å². The Labute approximate surface area is 81.3 Å². The van der Waals surface area contributed by atoms with Gasteiger partial charge in [-0.3, -0.25) is 4.68 Å². The smallest absolute Gasteiger partial charge is 0.131 e. The summed E-state index contributed by atoms with van der Waals surface area (Å²) in [6.07, 6.45) is 3.54. The second-order valence-corrected chi connectivity index (χ2v) is 3.64. The van der Waals surface area contributed by atoms with Gasteiger partial charge in [0, 0.05) is 23.7 Å². The highest BCUT2D eigenvalue weighted by molar-refractivity contribution is 6.29. The highest BCUT2D eigenvalue weighted by atomic mass is 35.5. The molecular formula is C9H10ClN3. The molecule has 0 aliphatic carbocycles. The van der Waals surface area contributed by atoms with Crippen LogP contribution in [0.25, 0.3) is 10.9 Å². The predicted molar refractivity (Wildman–Crippen MR) is 52.9 cm³/mol. The van der Waals surface area contributed by atoms with Crippen LogP contribution >= 0.6 is 11.6 Å². The highest BCUT2D eigenvalue weighted by Crippen LogP contribution is 2.19. The SMILES string of the molecule is CC(C)n1ncc2cnc(Cl)cc21. The Morgan fingerprint density at radius 3 is 2.85 bits per heavy atom. The van der Waals surface area contributed by atoms with Crippen LogP contribution in [0.2, 0.25) is 5.15 Å². The Balaban J connectivity index is 2.71. The van der Waals surface area contributed by atoms with Gasteiger partial charge in [-0.2, -0.15) is 5.10 Å². The summed E-state index contributed by atoms with van der Waals surface area (Å²) in [5, 5.41) is 5.79. The fourth-order valence-electron chi connectivity index (χ4n) is 1.33. The molecule has 0 aliphatic rings. The standard InChI is InChI=1S/C9H10ClN3/c1-6(2)13-8-3-9(10)11-4-7(8)5-12-13/h3-6H,1-2H3. The first-order valence-corrected chi connectivity index (χ1v) is 4.55. The number of halogens is 1. The summed E-state index contributed by atoms with van der Waals surface area (Å²) in [7, 11) is 0. The van der Waals surface area contributed by atoms with E-state index < -0.39 is 0 Å². The van der Waals surface area contributed by atoms with Gasteiger partial charge >= 0.3 is 0 Å². The Bertz CT molecular complexity index is 433. The average Bonchev–Trinajstić information content (AvgIpc) is 2.46. The fraction of sp³-hybridized carbons (Fsp3) is 0.333. The number of fused-ring (bicyclic) bond motifs is 1. The third-order valence-electron chi connectivity index (χ3n) is 1.94. The molecule has 0 aromatic carbocycles. The van der Waals surface area contributed by atoms with Crippen molar-refractivity contribution in [1.82, 2.24) is 14.8 Å². The van der Waals surface area contributed by atoms with Gasteiger partial charge in [-0.05, 0) is 13.8 Å². The predicted octanol–water partition coefficient (Wildman–Crippen LogP) is 2.67. The molecule has 0 bridgehead atoms. The minimum absolute atomic E-state index is 0.343. The number of nitrogens with zero attached hydrogens (tertiary/aromatic N) is 3. The van der Waals surface area contributed by atoms with E-state index in [1.165, 1.54) is 0 Å². The summed E-state index contributed by atoms with van der Waals surface area (Å²) in [6.45, 7) is 4.17. The van der Waals surface area contributed by atoms with Gasteiger partial charge in [0.05, 0.1) is 11.7 Å². The molecule has 0 saturated heterocycles.